The summed E-state index contributed by atoms with van der Waals surface area (Å²) in [4.78, 5) is 12.0. The molecule has 1 heterocycles. The van der Waals surface area contributed by atoms with E-state index >= 15 is 0 Å². The van der Waals surface area contributed by atoms with Gasteiger partial charge >= 0.3 is 5.63 Å². The number of aryl methyl sites for hydroxylation is 1. The molecule has 0 bridgehead atoms. The molecule has 122 valence electrons. The van der Waals surface area contributed by atoms with Crippen LogP contribution >= 0.6 is 0 Å². The first-order chi connectivity index (χ1) is 11.2. The molecule has 2 atom stereocenters. The van der Waals surface area contributed by atoms with E-state index in [4.69, 9.17) is 14.9 Å². The van der Waals surface area contributed by atoms with Crippen LogP contribution in [0.1, 0.15) is 43.2 Å². The molecule has 23 heavy (non-hydrogen) atoms. The van der Waals surface area contributed by atoms with Crippen molar-refractivity contribution < 1.29 is 9.15 Å². The van der Waals surface area contributed by atoms with E-state index in [0.29, 0.717) is 17.5 Å². The highest BCUT2D eigenvalue weighted by Crippen LogP contribution is 2.31. The molecule has 2 aliphatic rings. The fourth-order valence-electron chi connectivity index (χ4n) is 4.05. The van der Waals surface area contributed by atoms with Crippen molar-refractivity contribution >= 4 is 11.0 Å². The van der Waals surface area contributed by atoms with Crippen LogP contribution in [0, 0.1) is 5.92 Å². The zero-order chi connectivity index (χ0) is 15.8. The molecule has 2 N–H and O–H groups in total. The Hall–Kier alpha value is -1.81. The normalized spacial score (nSPS) is 23.9. The summed E-state index contributed by atoms with van der Waals surface area (Å²) in [5.74, 6) is 1.41. The average Bonchev–Trinajstić information content (AvgIpc) is 3.04. The van der Waals surface area contributed by atoms with Crippen molar-refractivity contribution in [1.82, 2.24) is 0 Å². The number of hydrogen-bond acceptors (Lipinski definition) is 4. The molecule has 0 aliphatic heterocycles. The Morgan fingerprint density at radius 3 is 2.91 bits per heavy atom. The number of benzene rings is 1. The van der Waals surface area contributed by atoms with Gasteiger partial charge in [0, 0.05) is 17.0 Å². The molecule has 1 aromatic heterocycles. The molecule has 0 amide bonds. The lowest BCUT2D eigenvalue weighted by Crippen LogP contribution is -2.30. The predicted octanol–water partition coefficient (Wildman–Crippen LogP) is 3.18. The maximum Gasteiger partial charge on any atom is 0.339 e. The van der Waals surface area contributed by atoms with Crippen molar-refractivity contribution in [1.29, 1.82) is 0 Å². The Labute approximate surface area is 135 Å². The highest BCUT2D eigenvalue weighted by atomic mass is 16.5. The van der Waals surface area contributed by atoms with Crippen molar-refractivity contribution in [2.45, 2.75) is 51.0 Å². The summed E-state index contributed by atoms with van der Waals surface area (Å²) >= 11 is 0. The van der Waals surface area contributed by atoms with E-state index in [1.807, 2.05) is 18.2 Å². The molecule has 0 spiro atoms. The van der Waals surface area contributed by atoms with E-state index in [1.54, 1.807) is 0 Å². The smallest absolute Gasteiger partial charge is 0.339 e. The summed E-state index contributed by atoms with van der Waals surface area (Å²) in [6.07, 6.45) is 7.41. The zero-order valence-corrected chi connectivity index (χ0v) is 13.3. The number of ether oxygens (including phenoxy) is 1. The fourth-order valence-corrected chi connectivity index (χ4v) is 4.05. The quantitative estimate of drug-likeness (QED) is 0.884. The number of hydrogen-bond donors (Lipinski definition) is 1. The van der Waals surface area contributed by atoms with Crippen LogP contribution in [0.5, 0.6) is 5.75 Å². The summed E-state index contributed by atoms with van der Waals surface area (Å²) in [5, 5.41) is 1.04. The third-order valence-corrected chi connectivity index (χ3v) is 5.25. The second-order valence-corrected chi connectivity index (χ2v) is 6.96. The van der Waals surface area contributed by atoms with Crippen molar-refractivity contribution in [3.63, 3.8) is 0 Å². The van der Waals surface area contributed by atoms with Crippen LogP contribution in [0.3, 0.4) is 0 Å². The summed E-state index contributed by atoms with van der Waals surface area (Å²) in [5.41, 5.74) is 8.55. The van der Waals surface area contributed by atoms with Gasteiger partial charge in [0.15, 0.2) is 0 Å². The summed E-state index contributed by atoms with van der Waals surface area (Å²) in [6, 6.07) is 6.11. The zero-order valence-electron chi connectivity index (χ0n) is 13.3. The lowest BCUT2D eigenvalue weighted by atomic mass is 9.87. The van der Waals surface area contributed by atoms with E-state index in [1.165, 1.54) is 12.8 Å². The lowest BCUT2D eigenvalue weighted by Gasteiger charge is -2.26. The molecule has 4 nitrogen and oxygen atoms in total. The maximum absolute atomic E-state index is 12.0. The Balaban J connectivity index is 1.57. The van der Waals surface area contributed by atoms with Gasteiger partial charge in [0.2, 0.25) is 0 Å². The van der Waals surface area contributed by atoms with Crippen LogP contribution in [-0.4, -0.2) is 12.6 Å². The first-order valence-electron chi connectivity index (χ1n) is 8.67. The van der Waals surface area contributed by atoms with E-state index < -0.39 is 0 Å². The Bertz CT molecular complexity index is 780. The van der Waals surface area contributed by atoms with Gasteiger partial charge in [-0.2, -0.15) is 0 Å². The van der Waals surface area contributed by atoms with Crippen molar-refractivity contribution in [3.8, 4) is 5.75 Å². The minimum atomic E-state index is -0.171. The van der Waals surface area contributed by atoms with Gasteiger partial charge in [0.05, 0.1) is 6.61 Å². The molecule has 1 aromatic carbocycles. The van der Waals surface area contributed by atoms with E-state index in [2.05, 4.69) is 0 Å². The fraction of sp³-hybridized carbons (Fsp3) is 0.526. The van der Waals surface area contributed by atoms with Gasteiger partial charge in [0.1, 0.15) is 11.3 Å². The van der Waals surface area contributed by atoms with Crippen LogP contribution in [0.15, 0.2) is 27.4 Å². The van der Waals surface area contributed by atoms with E-state index in [9.17, 15) is 4.79 Å². The van der Waals surface area contributed by atoms with Crippen molar-refractivity contribution in [2.75, 3.05) is 6.61 Å². The third-order valence-electron chi connectivity index (χ3n) is 5.25. The summed E-state index contributed by atoms with van der Waals surface area (Å²) in [7, 11) is 0. The van der Waals surface area contributed by atoms with Crippen LogP contribution in [0.4, 0.5) is 0 Å². The molecule has 2 aromatic rings. The van der Waals surface area contributed by atoms with Crippen molar-refractivity contribution in [2.24, 2.45) is 11.7 Å². The van der Waals surface area contributed by atoms with Crippen molar-refractivity contribution in [3.05, 3.63) is 39.7 Å². The number of fused-ring (bicyclic) bond motifs is 3. The van der Waals surface area contributed by atoms with Crippen LogP contribution in [0.25, 0.3) is 11.0 Å². The third kappa shape index (κ3) is 2.88. The molecule has 2 aliphatic carbocycles. The SMILES string of the molecule is N[C@H]1CCC[C@H](COc2ccc3oc(=O)c4c(c3c2)CCC4)C1. The van der Waals surface area contributed by atoms with Crippen LogP contribution in [-0.2, 0) is 12.8 Å². The molecule has 0 unspecified atom stereocenters. The first kappa shape index (κ1) is 14.8. The molecule has 0 saturated heterocycles. The Morgan fingerprint density at radius 2 is 2.04 bits per heavy atom. The van der Waals surface area contributed by atoms with E-state index in [0.717, 1.165) is 61.0 Å². The highest BCUT2D eigenvalue weighted by molar-refractivity contribution is 5.83. The number of nitrogens with two attached hydrogens (primary N) is 1. The molecule has 0 radical (unpaired) electrons. The summed E-state index contributed by atoms with van der Waals surface area (Å²) in [6.45, 7) is 0.720. The van der Waals surface area contributed by atoms with Gasteiger partial charge in [-0.15, -0.1) is 0 Å². The molecule has 1 fully saturated rings. The van der Waals surface area contributed by atoms with Gasteiger partial charge in [0.25, 0.3) is 0 Å². The van der Waals surface area contributed by atoms with Gasteiger partial charge in [-0.25, -0.2) is 4.79 Å². The standard InChI is InChI=1S/C19H23NO3/c20-13-4-1-3-12(9-13)11-22-14-7-8-18-17(10-14)15-5-2-6-16(15)19(21)23-18/h7-8,10,12-13H,1-6,9,11,20H2/t12-,13-/m0/s1. The Kier molecular flexibility index (Phi) is 3.85. The van der Waals surface area contributed by atoms with Crippen LogP contribution in [0.2, 0.25) is 0 Å². The largest absolute Gasteiger partial charge is 0.493 e. The molecular weight excluding hydrogens is 290 g/mol. The van der Waals surface area contributed by atoms with Gasteiger partial charge in [-0.05, 0) is 68.2 Å². The van der Waals surface area contributed by atoms with E-state index in [-0.39, 0.29) is 5.63 Å². The molecule has 1 saturated carbocycles. The van der Waals surface area contributed by atoms with Gasteiger partial charge < -0.3 is 14.9 Å². The molecular formula is C19H23NO3. The monoisotopic (exact) mass is 313 g/mol. The second-order valence-electron chi connectivity index (χ2n) is 6.96. The first-order valence-corrected chi connectivity index (χ1v) is 8.67. The molecule has 4 rings (SSSR count). The van der Waals surface area contributed by atoms with Gasteiger partial charge in [-0.1, -0.05) is 6.42 Å². The highest BCUT2D eigenvalue weighted by Gasteiger charge is 2.21. The predicted molar refractivity (Wildman–Crippen MR) is 89.9 cm³/mol. The molecule has 4 heteroatoms. The summed E-state index contributed by atoms with van der Waals surface area (Å²) < 4.78 is 11.5. The minimum absolute atomic E-state index is 0.171. The Morgan fingerprint density at radius 1 is 1.17 bits per heavy atom. The van der Waals surface area contributed by atoms with Gasteiger partial charge in [-0.3, -0.25) is 0 Å². The van der Waals surface area contributed by atoms with Crippen LogP contribution < -0.4 is 16.1 Å². The maximum atomic E-state index is 12.0. The minimum Gasteiger partial charge on any atom is -0.493 e. The number of rotatable bonds is 3. The average molecular weight is 313 g/mol. The lowest BCUT2D eigenvalue weighted by molar-refractivity contribution is 0.198. The topological polar surface area (TPSA) is 65.5 Å². The second kappa shape index (κ2) is 6.00.